The first kappa shape index (κ1) is 10.3. The van der Waals surface area contributed by atoms with Crippen molar-refractivity contribution in [2.45, 2.75) is 25.4 Å². The molecule has 0 spiro atoms. The molecule has 0 bridgehead atoms. The first-order chi connectivity index (χ1) is 8.20. The van der Waals surface area contributed by atoms with Crippen LogP contribution in [0.2, 0.25) is 0 Å². The predicted octanol–water partition coefficient (Wildman–Crippen LogP) is 1.40. The van der Waals surface area contributed by atoms with Crippen LogP contribution >= 0.6 is 0 Å². The Bertz CT molecular complexity index is 599. The maximum absolute atomic E-state index is 11.3. The van der Waals surface area contributed by atoms with E-state index in [1.807, 2.05) is 0 Å². The number of hydrogen-bond acceptors (Lipinski definition) is 3. The maximum atomic E-state index is 11.3. The molecule has 1 aliphatic rings. The smallest absolute Gasteiger partial charge is 0.339 e. The van der Waals surface area contributed by atoms with Gasteiger partial charge in [-0.25, -0.2) is 9.31 Å². The molecule has 0 radical (unpaired) electrons. The third-order valence-corrected chi connectivity index (χ3v) is 3.08. The number of aromatic nitrogens is 2. The topological polar surface area (TPSA) is 74.8 Å². The van der Waals surface area contributed by atoms with E-state index in [4.69, 9.17) is 5.11 Å². The monoisotopic (exact) mass is 232 g/mol. The zero-order chi connectivity index (χ0) is 12.0. The average molecular weight is 232 g/mol. The van der Waals surface area contributed by atoms with Crippen molar-refractivity contribution in [1.82, 2.24) is 9.61 Å². The predicted molar refractivity (Wildman–Crippen MR) is 60.0 cm³/mol. The van der Waals surface area contributed by atoms with Crippen molar-refractivity contribution in [3.05, 3.63) is 35.2 Å². The molecule has 3 rings (SSSR count). The Hall–Kier alpha value is -1.88. The third kappa shape index (κ3) is 1.59. The second kappa shape index (κ2) is 3.56. The number of carbonyl (C=O) groups is 1. The SMILES string of the molecule is O=C(O)c1c(C2CC2)nn2cc(CO)ccc12. The molecule has 5 heteroatoms. The van der Waals surface area contributed by atoms with Crippen LogP contribution in [0.1, 0.15) is 40.4 Å². The number of aliphatic hydroxyl groups excluding tert-OH is 1. The van der Waals surface area contributed by atoms with E-state index in [1.54, 1.807) is 22.8 Å². The number of pyridine rings is 1. The van der Waals surface area contributed by atoms with Crippen molar-refractivity contribution >= 4 is 11.5 Å². The molecule has 0 aliphatic heterocycles. The Labute approximate surface area is 97.3 Å². The van der Waals surface area contributed by atoms with Gasteiger partial charge in [0.2, 0.25) is 0 Å². The van der Waals surface area contributed by atoms with Crippen LogP contribution < -0.4 is 0 Å². The lowest BCUT2D eigenvalue weighted by molar-refractivity contribution is 0.0697. The van der Waals surface area contributed by atoms with Gasteiger partial charge in [0, 0.05) is 12.1 Å². The molecule has 1 fully saturated rings. The Kier molecular flexibility index (Phi) is 2.16. The average Bonchev–Trinajstić information content (AvgIpc) is 3.08. The number of hydrogen-bond donors (Lipinski definition) is 2. The lowest BCUT2D eigenvalue weighted by atomic mass is 10.1. The Balaban J connectivity index is 2.25. The molecule has 1 aliphatic carbocycles. The number of fused-ring (bicyclic) bond motifs is 1. The van der Waals surface area contributed by atoms with Crippen LogP contribution in [0.15, 0.2) is 18.3 Å². The fourth-order valence-electron chi connectivity index (χ4n) is 2.07. The number of aromatic carboxylic acids is 1. The van der Waals surface area contributed by atoms with Crippen LogP contribution in [0.4, 0.5) is 0 Å². The zero-order valence-corrected chi connectivity index (χ0v) is 9.13. The molecule has 0 saturated heterocycles. The second-order valence-electron chi connectivity index (χ2n) is 4.36. The molecule has 0 unspecified atom stereocenters. The summed E-state index contributed by atoms with van der Waals surface area (Å²) in [7, 11) is 0. The summed E-state index contributed by atoms with van der Waals surface area (Å²) in [5, 5.41) is 22.6. The molecule has 2 aromatic rings. The van der Waals surface area contributed by atoms with Crippen LogP contribution in [0.25, 0.3) is 5.52 Å². The first-order valence-corrected chi connectivity index (χ1v) is 5.56. The van der Waals surface area contributed by atoms with E-state index in [2.05, 4.69) is 5.10 Å². The van der Waals surface area contributed by atoms with Crippen molar-refractivity contribution in [3.63, 3.8) is 0 Å². The summed E-state index contributed by atoms with van der Waals surface area (Å²) in [4.78, 5) is 11.3. The van der Waals surface area contributed by atoms with Crippen LogP contribution in [0, 0.1) is 0 Å². The van der Waals surface area contributed by atoms with Gasteiger partial charge in [0.15, 0.2) is 0 Å². The molecule has 2 aromatic heterocycles. The minimum Gasteiger partial charge on any atom is -0.478 e. The summed E-state index contributed by atoms with van der Waals surface area (Å²) >= 11 is 0. The first-order valence-electron chi connectivity index (χ1n) is 5.56. The zero-order valence-electron chi connectivity index (χ0n) is 9.13. The molecular weight excluding hydrogens is 220 g/mol. The molecule has 1 saturated carbocycles. The number of carboxylic acid groups (broad SMARTS) is 1. The molecular formula is C12H12N2O3. The van der Waals surface area contributed by atoms with Gasteiger partial charge in [0.05, 0.1) is 17.8 Å². The molecule has 2 N–H and O–H groups in total. The van der Waals surface area contributed by atoms with E-state index in [-0.39, 0.29) is 6.61 Å². The summed E-state index contributed by atoms with van der Waals surface area (Å²) in [6, 6.07) is 3.42. The maximum Gasteiger partial charge on any atom is 0.339 e. The van der Waals surface area contributed by atoms with Gasteiger partial charge in [-0.1, -0.05) is 6.07 Å². The van der Waals surface area contributed by atoms with Crippen molar-refractivity contribution in [2.75, 3.05) is 0 Å². The van der Waals surface area contributed by atoms with Gasteiger partial charge in [-0.3, -0.25) is 0 Å². The van der Waals surface area contributed by atoms with E-state index in [1.165, 1.54) is 0 Å². The minimum absolute atomic E-state index is 0.0725. The molecule has 17 heavy (non-hydrogen) atoms. The van der Waals surface area contributed by atoms with Crippen molar-refractivity contribution in [3.8, 4) is 0 Å². The Morgan fingerprint density at radius 3 is 2.82 bits per heavy atom. The lowest BCUT2D eigenvalue weighted by Crippen LogP contribution is -1.99. The largest absolute Gasteiger partial charge is 0.478 e. The van der Waals surface area contributed by atoms with Crippen molar-refractivity contribution in [2.24, 2.45) is 0 Å². The van der Waals surface area contributed by atoms with E-state index in [0.717, 1.165) is 18.4 Å². The fraction of sp³-hybridized carbons (Fsp3) is 0.333. The van der Waals surface area contributed by atoms with E-state index in [0.29, 0.717) is 22.7 Å². The third-order valence-electron chi connectivity index (χ3n) is 3.08. The summed E-state index contributed by atoms with van der Waals surface area (Å²) in [5.41, 5.74) is 2.29. The quantitative estimate of drug-likeness (QED) is 0.838. The number of nitrogens with zero attached hydrogens (tertiary/aromatic N) is 2. The normalized spacial score (nSPS) is 15.4. The fourth-order valence-corrected chi connectivity index (χ4v) is 2.07. The molecule has 5 nitrogen and oxygen atoms in total. The van der Waals surface area contributed by atoms with Gasteiger partial charge in [0.1, 0.15) is 5.56 Å². The van der Waals surface area contributed by atoms with Crippen LogP contribution in [0.5, 0.6) is 0 Å². The molecule has 0 amide bonds. The standard InChI is InChI=1S/C12H12N2O3/c15-6-7-1-4-9-10(12(16)17)11(8-2-3-8)13-14(9)5-7/h1,4-5,8,15H,2-3,6H2,(H,16,17). The molecule has 0 aromatic carbocycles. The number of aliphatic hydroxyl groups is 1. The summed E-state index contributed by atoms with van der Waals surface area (Å²) < 4.78 is 1.56. The van der Waals surface area contributed by atoms with Crippen LogP contribution in [0.3, 0.4) is 0 Å². The summed E-state index contributed by atoms with van der Waals surface area (Å²) in [6.45, 7) is -0.0725. The highest BCUT2D eigenvalue weighted by molar-refractivity contribution is 5.97. The highest BCUT2D eigenvalue weighted by Gasteiger charge is 2.32. The van der Waals surface area contributed by atoms with Crippen molar-refractivity contribution < 1.29 is 15.0 Å². The summed E-state index contributed by atoms with van der Waals surface area (Å²) in [5.74, 6) is -0.641. The van der Waals surface area contributed by atoms with Crippen LogP contribution in [-0.4, -0.2) is 25.8 Å². The van der Waals surface area contributed by atoms with Gasteiger partial charge in [-0.15, -0.1) is 0 Å². The van der Waals surface area contributed by atoms with Crippen molar-refractivity contribution in [1.29, 1.82) is 0 Å². The minimum atomic E-state index is -0.932. The van der Waals surface area contributed by atoms with Gasteiger partial charge in [-0.05, 0) is 24.5 Å². The van der Waals surface area contributed by atoms with Gasteiger partial charge in [-0.2, -0.15) is 5.10 Å². The van der Waals surface area contributed by atoms with Gasteiger partial charge >= 0.3 is 5.97 Å². The van der Waals surface area contributed by atoms with E-state index < -0.39 is 5.97 Å². The Morgan fingerprint density at radius 1 is 1.47 bits per heavy atom. The molecule has 2 heterocycles. The second-order valence-corrected chi connectivity index (χ2v) is 4.36. The Morgan fingerprint density at radius 2 is 2.24 bits per heavy atom. The number of carboxylic acids is 1. The van der Waals surface area contributed by atoms with Gasteiger partial charge < -0.3 is 10.2 Å². The number of rotatable bonds is 3. The highest BCUT2D eigenvalue weighted by Crippen LogP contribution is 2.41. The van der Waals surface area contributed by atoms with E-state index >= 15 is 0 Å². The molecule has 88 valence electrons. The van der Waals surface area contributed by atoms with Gasteiger partial charge in [0.25, 0.3) is 0 Å². The highest BCUT2D eigenvalue weighted by atomic mass is 16.4. The van der Waals surface area contributed by atoms with Crippen LogP contribution in [-0.2, 0) is 6.61 Å². The lowest BCUT2D eigenvalue weighted by Gasteiger charge is -1.97. The van der Waals surface area contributed by atoms with E-state index in [9.17, 15) is 9.90 Å². The molecule has 0 atom stereocenters. The summed E-state index contributed by atoms with van der Waals surface area (Å²) in [6.07, 6.45) is 3.70.